The highest BCUT2D eigenvalue weighted by atomic mass is 35.5. The molecule has 0 aliphatic carbocycles. The van der Waals surface area contributed by atoms with Gasteiger partial charge in [0.05, 0.1) is 18.1 Å². The van der Waals surface area contributed by atoms with Crippen LogP contribution in [0.3, 0.4) is 0 Å². The van der Waals surface area contributed by atoms with E-state index in [4.69, 9.17) is 27.9 Å². The number of ether oxygens (including phenoxy) is 1. The molecule has 0 saturated carbocycles. The maximum Gasteiger partial charge on any atom is 0.225 e. The van der Waals surface area contributed by atoms with Gasteiger partial charge >= 0.3 is 0 Å². The van der Waals surface area contributed by atoms with Crippen LogP contribution in [-0.4, -0.2) is 44.1 Å². The van der Waals surface area contributed by atoms with Crippen molar-refractivity contribution < 1.29 is 9.53 Å². The lowest BCUT2D eigenvalue weighted by Gasteiger charge is -2.32. The summed E-state index contributed by atoms with van der Waals surface area (Å²) in [4.78, 5) is 14.2. The highest BCUT2D eigenvalue weighted by molar-refractivity contribution is 6.35. The zero-order valence-corrected chi connectivity index (χ0v) is 15.0. The van der Waals surface area contributed by atoms with Gasteiger partial charge in [-0.25, -0.2) is 0 Å². The monoisotopic (exact) mass is 358 g/mol. The van der Waals surface area contributed by atoms with Crippen molar-refractivity contribution in [1.29, 1.82) is 0 Å². The second kappa shape index (κ2) is 9.36. The van der Waals surface area contributed by atoms with Gasteiger partial charge in [-0.2, -0.15) is 0 Å². The summed E-state index contributed by atoms with van der Waals surface area (Å²) in [6, 6.07) is 5.08. The Hall–Kier alpha value is -0.970. The molecule has 4 nitrogen and oxygen atoms in total. The van der Waals surface area contributed by atoms with E-state index < -0.39 is 0 Å². The van der Waals surface area contributed by atoms with Gasteiger partial charge in [0.1, 0.15) is 5.75 Å². The third-order valence-electron chi connectivity index (χ3n) is 4.24. The topological polar surface area (TPSA) is 41.6 Å². The summed E-state index contributed by atoms with van der Waals surface area (Å²) in [5.41, 5.74) is 0. The minimum atomic E-state index is 0.155. The number of rotatable bonds is 7. The molecule has 0 spiro atoms. The van der Waals surface area contributed by atoms with Crippen LogP contribution < -0.4 is 10.1 Å². The molecule has 1 fully saturated rings. The average molecular weight is 359 g/mol. The third-order valence-corrected chi connectivity index (χ3v) is 4.77. The van der Waals surface area contributed by atoms with E-state index >= 15 is 0 Å². The van der Waals surface area contributed by atoms with Gasteiger partial charge < -0.3 is 15.0 Å². The molecule has 1 heterocycles. The molecule has 1 amide bonds. The Labute approximate surface area is 148 Å². The van der Waals surface area contributed by atoms with Crippen molar-refractivity contribution in [1.82, 2.24) is 10.2 Å². The van der Waals surface area contributed by atoms with Crippen LogP contribution in [0.2, 0.25) is 10.0 Å². The van der Waals surface area contributed by atoms with E-state index in [0.717, 1.165) is 38.4 Å². The van der Waals surface area contributed by atoms with Crippen LogP contribution >= 0.6 is 23.2 Å². The molecule has 6 heteroatoms. The van der Waals surface area contributed by atoms with Gasteiger partial charge in [0.2, 0.25) is 5.91 Å². The van der Waals surface area contributed by atoms with Crippen molar-refractivity contribution >= 4 is 29.1 Å². The Morgan fingerprint density at radius 3 is 2.74 bits per heavy atom. The second-order valence-electron chi connectivity index (χ2n) is 5.89. The first-order valence-corrected chi connectivity index (χ1v) is 8.86. The Morgan fingerprint density at radius 1 is 1.35 bits per heavy atom. The molecular weight excluding hydrogens is 335 g/mol. The molecular formula is C17H24Cl2N2O2. The largest absolute Gasteiger partial charge is 0.491 e. The number of piperidine rings is 1. The molecule has 0 radical (unpaired) electrons. The minimum Gasteiger partial charge on any atom is -0.491 e. The zero-order valence-electron chi connectivity index (χ0n) is 13.5. The van der Waals surface area contributed by atoms with E-state index in [-0.39, 0.29) is 5.91 Å². The van der Waals surface area contributed by atoms with Crippen molar-refractivity contribution in [2.45, 2.75) is 25.7 Å². The molecule has 1 aromatic carbocycles. The summed E-state index contributed by atoms with van der Waals surface area (Å²) >= 11 is 11.9. The SMILES string of the molecule is CNCCC1CCN(C(=O)CCOc2ccc(Cl)cc2Cl)CC1. The number of carbonyl (C=O) groups excluding carboxylic acids is 1. The van der Waals surface area contributed by atoms with Gasteiger partial charge in [-0.1, -0.05) is 23.2 Å². The molecule has 0 bridgehead atoms. The zero-order chi connectivity index (χ0) is 16.7. The van der Waals surface area contributed by atoms with Crippen LogP contribution in [0.25, 0.3) is 0 Å². The summed E-state index contributed by atoms with van der Waals surface area (Å²) < 4.78 is 5.58. The Balaban J connectivity index is 1.69. The Kier molecular flexibility index (Phi) is 7.47. The third kappa shape index (κ3) is 5.87. The lowest BCUT2D eigenvalue weighted by molar-refractivity contribution is -0.133. The molecule has 128 valence electrons. The highest BCUT2D eigenvalue weighted by Gasteiger charge is 2.22. The summed E-state index contributed by atoms with van der Waals surface area (Å²) in [6.07, 6.45) is 3.76. The summed E-state index contributed by atoms with van der Waals surface area (Å²) in [5, 5.41) is 4.22. The maximum atomic E-state index is 12.2. The van der Waals surface area contributed by atoms with E-state index in [0.29, 0.717) is 28.8 Å². The van der Waals surface area contributed by atoms with Crippen molar-refractivity contribution in [3.63, 3.8) is 0 Å². The van der Waals surface area contributed by atoms with Crippen LogP contribution in [0, 0.1) is 5.92 Å². The molecule has 0 atom stereocenters. The van der Waals surface area contributed by atoms with Gasteiger partial charge in [0, 0.05) is 18.1 Å². The number of amides is 1. The highest BCUT2D eigenvalue weighted by Crippen LogP contribution is 2.27. The molecule has 2 rings (SSSR count). The van der Waals surface area contributed by atoms with Gasteiger partial charge in [-0.05, 0) is 57.0 Å². The van der Waals surface area contributed by atoms with Crippen LogP contribution in [0.4, 0.5) is 0 Å². The van der Waals surface area contributed by atoms with Crippen LogP contribution in [0.15, 0.2) is 18.2 Å². The minimum absolute atomic E-state index is 0.155. The predicted molar refractivity (Wildman–Crippen MR) is 94.4 cm³/mol. The van der Waals surface area contributed by atoms with Gasteiger partial charge in [0.15, 0.2) is 0 Å². The first kappa shape index (κ1) is 18.4. The predicted octanol–water partition coefficient (Wildman–Crippen LogP) is 3.61. The van der Waals surface area contributed by atoms with Crippen molar-refractivity contribution in [2.75, 3.05) is 33.3 Å². The number of benzene rings is 1. The lowest BCUT2D eigenvalue weighted by Crippen LogP contribution is -2.39. The smallest absolute Gasteiger partial charge is 0.225 e. The van der Waals surface area contributed by atoms with Crippen molar-refractivity contribution in [3.8, 4) is 5.75 Å². The molecule has 1 saturated heterocycles. The summed E-state index contributed by atoms with van der Waals surface area (Å²) in [5.74, 6) is 1.45. The standard InChI is InChI=1S/C17H24Cl2N2O2/c1-20-8-4-13-5-9-21(10-6-13)17(22)7-11-23-16-3-2-14(18)12-15(16)19/h2-3,12-13,20H,4-11H2,1H3. The fourth-order valence-corrected chi connectivity index (χ4v) is 3.28. The van der Waals surface area contributed by atoms with E-state index in [1.807, 2.05) is 11.9 Å². The number of halogens is 2. The van der Waals surface area contributed by atoms with Gasteiger partial charge in [0.25, 0.3) is 0 Å². The quantitative estimate of drug-likeness (QED) is 0.809. The molecule has 1 N–H and O–H groups in total. The molecule has 23 heavy (non-hydrogen) atoms. The fraction of sp³-hybridized carbons (Fsp3) is 0.588. The average Bonchev–Trinajstić information content (AvgIpc) is 2.55. The van der Waals surface area contributed by atoms with Crippen LogP contribution in [0.1, 0.15) is 25.7 Å². The number of carbonyl (C=O) groups is 1. The normalized spacial score (nSPS) is 15.7. The first-order chi connectivity index (χ1) is 11.1. The first-order valence-electron chi connectivity index (χ1n) is 8.10. The van der Waals surface area contributed by atoms with Crippen LogP contribution in [-0.2, 0) is 4.79 Å². The number of hydrogen-bond acceptors (Lipinski definition) is 3. The van der Waals surface area contributed by atoms with Gasteiger partial charge in [-0.15, -0.1) is 0 Å². The number of nitrogens with zero attached hydrogens (tertiary/aromatic N) is 1. The second-order valence-corrected chi connectivity index (χ2v) is 6.73. The van der Waals surface area contributed by atoms with E-state index in [1.165, 1.54) is 6.42 Å². The van der Waals surface area contributed by atoms with E-state index in [2.05, 4.69) is 5.32 Å². The number of nitrogens with one attached hydrogen (secondary N) is 1. The molecule has 0 aromatic heterocycles. The number of likely N-dealkylation sites (tertiary alicyclic amines) is 1. The number of hydrogen-bond donors (Lipinski definition) is 1. The summed E-state index contributed by atoms with van der Waals surface area (Å²) in [6.45, 7) is 3.10. The van der Waals surface area contributed by atoms with Crippen molar-refractivity contribution in [3.05, 3.63) is 28.2 Å². The lowest BCUT2D eigenvalue weighted by atomic mass is 9.93. The fourth-order valence-electron chi connectivity index (χ4n) is 2.82. The Bertz CT molecular complexity index is 517. The van der Waals surface area contributed by atoms with Crippen molar-refractivity contribution in [2.24, 2.45) is 5.92 Å². The van der Waals surface area contributed by atoms with Crippen LogP contribution in [0.5, 0.6) is 5.75 Å². The molecule has 0 unspecified atom stereocenters. The maximum absolute atomic E-state index is 12.2. The van der Waals surface area contributed by atoms with Gasteiger partial charge in [-0.3, -0.25) is 4.79 Å². The summed E-state index contributed by atoms with van der Waals surface area (Å²) in [7, 11) is 1.98. The molecule has 1 aromatic rings. The van der Waals surface area contributed by atoms with E-state index in [9.17, 15) is 4.79 Å². The Morgan fingerprint density at radius 2 is 2.09 bits per heavy atom. The van der Waals surface area contributed by atoms with E-state index in [1.54, 1.807) is 18.2 Å². The molecule has 1 aliphatic rings. The molecule has 1 aliphatic heterocycles.